The molecule has 0 amide bonds. The van der Waals surface area contributed by atoms with E-state index < -0.39 is 11.5 Å². The Morgan fingerprint density at radius 3 is 2.78 bits per heavy atom. The lowest BCUT2D eigenvalue weighted by Crippen LogP contribution is -2.47. The predicted molar refractivity (Wildman–Crippen MR) is 87.3 cm³/mol. The van der Waals surface area contributed by atoms with Crippen LogP contribution in [-0.2, 0) is 11.3 Å². The summed E-state index contributed by atoms with van der Waals surface area (Å²) in [4.78, 5) is 14.1. The summed E-state index contributed by atoms with van der Waals surface area (Å²) in [7, 11) is 1.77. The molecule has 0 fully saturated rings. The highest BCUT2D eigenvalue weighted by atomic mass is 32.1. The molecule has 0 aliphatic heterocycles. The average molecular weight is 331 g/mol. The minimum atomic E-state index is -0.972. The summed E-state index contributed by atoms with van der Waals surface area (Å²) in [6, 6.07) is 7.61. The molecule has 1 N–H and O–H groups in total. The number of nitrogens with zero attached hydrogens (tertiary/aromatic N) is 5. The fourth-order valence-corrected chi connectivity index (χ4v) is 2.77. The van der Waals surface area contributed by atoms with E-state index in [4.69, 9.17) is 0 Å². The first kappa shape index (κ1) is 15.6. The first-order valence-corrected chi connectivity index (χ1v) is 7.97. The molecule has 3 rings (SSSR count). The van der Waals surface area contributed by atoms with Gasteiger partial charge in [0.05, 0.1) is 10.6 Å². The second-order valence-electron chi connectivity index (χ2n) is 5.82. The average Bonchev–Trinajstić information content (AvgIpc) is 3.15. The zero-order valence-corrected chi connectivity index (χ0v) is 13.9. The topological polar surface area (TPSA) is 83.6 Å². The first-order valence-electron chi connectivity index (χ1n) is 7.09. The van der Waals surface area contributed by atoms with Gasteiger partial charge in [0.15, 0.2) is 11.5 Å². The van der Waals surface area contributed by atoms with E-state index in [9.17, 15) is 9.90 Å². The van der Waals surface area contributed by atoms with E-state index in [1.54, 1.807) is 41.6 Å². The van der Waals surface area contributed by atoms with E-state index >= 15 is 0 Å². The second-order valence-corrected chi connectivity index (χ2v) is 6.76. The Morgan fingerprint density at radius 1 is 1.35 bits per heavy atom. The van der Waals surface area contributed by atoms with Crippen LogP contribution < -0.4 is 0 Å². The Labute approximate surface area is 137 Å². The number of aliphatic carboxylic acids is 1. The molecule has 3 aromatic rings. The standard InChI is InChI=1S/C15H17N5O2S/c1-15(2,14(21)22)19(3)9-10-6-7-12-16-17-13(20(12)18-10)11-5-4-8-23-11/h4-8H,9H2,1-3H3,(H,21,22). The van der Waals surface area contributed by atoms with Crippen LogP contribution in [0.25, 0.3) is 16.3 Å². The first-order chi connectivity index (χ1) is 10.9. The van der Waals surface area contributed by atoms with Gasteiger partial charge in [-0.3, -0.25) is 9.69 Å². The number of fused-ring (bicyclic) bond motifs is 1. The van der Waals surface area contributed by atoms with Gasteiger partial charge in [-0.25, -0.2) is 0 Å². The lowest BCUT2D eigenvalue weighted by Gasteiger charge is -2.30. The number of thiophene rings is 1. The minimum Gasteiger partial charge on any atom is -0.480 e. The van der Waals surface area contributed by atoms with Gasteiger partial charge < -0.3 is 5.11 Å². The second kappa shape index (κ2) is 5.71. The Morgan fingerprint density at radius 2 is 2.13 bits per heavy atom. The smallest absolute Gasteiger partial charge is 0.323 e. The fraction of sp³-hybridized carbons (Fsp3) is 0.333. The Hall–Kier alpha value is -2.32. The van der Waals surface area contributed by atoms with Gasteiger partial charge in [0.25, 0.3) is 0 Å². The lowest BCUT2D eigenvalue weighted by molar-refractivity contribution is -0.148. The van der Waals surface area contributed by atoms with Gasteiger partial charge in [0, 0.05) is 6.54 Å². The predicted octanol–water partition coefficient (Wildman–Crippen LogP) is 2.15. The molecule has 0 bridgehead atoms. The summed E-state index contributed by atoms with van der Waals surface area (Å²) in [6.07, 6.45) is 0. The molecule has 120 valence electrons. The van der Waals surface area contributed by atoms with E-state index in [2.05, 4.69) is 15.3 Å². The van der Waals surface area contributed by atoms with Crippen molar-refractivity contribution in [2.75, 3.05) is 7.05 Å². The van der Waals surface area contributed by atoms with E-state index in [1.807, 2.05) is 29.6 Å². The Balaban J connectivity index is 1.94. The van der Waals surface area contributed by atoms with Gasteiger partial charge in [-0.05, 0) is 44.5 Å². The zero-order valence-electron chi connectivity index (χ0n) is 13.1. The molecule has 0 radical (unpaired) electrons. The number of likely N-dealkylation sites (N-methyl/N-ethyl adjacent to an activating group) is 1. The molecule has 23 heavy (non-hydrogen) atoms. The van der Waals surface area contributed by atoms with Crippen molar-refractivity contribution in [1.82, 2.24) is 24.7 Å². The number of hydrogen-bond acceptors (Lipinski definition) is 6. The van der Waals surface area contributed by atoms with Gasteiger partial charge in [0.2, 0.25) is 0 Å². The van der Waals surface area contributed by atoms with E-state index in [-0.39, 0.29) is 0 Å². The number of rotatable bonds is 5. The van der Waals surface area contributed by atoms with Crippen LogP contribution in [0.2, 0.25) is 0 Å². The molecule has 0 saturated carbocycles. The van der Waals surface area contributed by atoms with E-state index in [1.165, 1.54) is 0 Å². The van der Waals surface area contributed by atoms with Crippen LogP contribution in [0.4, 0.5) is 0 Å². The van der Waals surface area contributed by atoms with Crippen molar-refractivity contribution in [2.45, 2.75) is 25.9 Å². The molecule has 0 spiro atoms. The van der Waals surface area contributed by atoms with Crippen LogP contribution in [0, 0.1) is 0 Å². The summed E-state index contributed by atoms with van der Waals surface area (Å²) in [6.45, 7) is 3.75. The summed E-state index contributed by atoms with van der Waals surface area (Å²) in [5, 5.41) is 24.2. The van der Waals surface area contributed by atoms with Gasteiger partial charge in [-0.1, -0.05) is 6.07 Å². The maximum Gasteiger partial charge on any atom is 0.323 e. The largest absolute Gasteiger partial charge is 0.480 e. The van der Waals surface area contributed by atoms with Crippen LogP contribution in [0.3, 0.4) is 0 Å². The highest BCUT2D eigenvalue weighted by Gasteiger charge is 2.32. The van der Waals surface area contributed by atoms with Crippen LogP contribution in [0.1, 0.15) is 19.5 Å². The van der Waals surface area contributed by atoms with Crippen molar-refractivity contribution < 1.29 is 9.90 Å². The molecule has 0 aromatic carbocycles. The van der Waals surface area contributed by atoms with Gasteiger partial charge in [-0.15, -0.1) is 21.5 Å². The maximum atomic E-state index is 11.3. The highest BCUT2D eigenvalue weighted by molar-refractivity contribution is 7.13. The summed E-state index contributed by atoms with van der Waals surface area (Å²) < 4.78 is 1.70. The van der Waals surface area contributed by atoms with Crippen molar-refractivity contribution in [3.8, 4) is 10.7 Å². The number of aromatic nitrogens is 4. The number of hydrogen-bond donors (Lipinski definition) is 1. The number of carboxylic acid groups (broad SMARTS) is 1. The Bertz CT molecular complexity index is 841. The summed E-state index contributed by atoms with van der Waals surface area (Å²) in [5.41, 5.74) is 0.449. The quantitative estimate of drug-likeness (QED) is 0.771. The monoisotopic (exact) mass is 331 g/mol. The van der Waals surface area contributed by atoms with Crippen LogP contribution >= 0.6 is 11.3 Å². The number of carboxylic acids is 1. The minimum absolute atomic E-state index is 0.414. The Kier molecular flexibility index (Phi) is 3.87. The third-order valence-electron chi connectivity index (χ3n) is 3.94. The van der Waals surface area contributed by atoms with E-state index in [0.29, 0.717) is 18.0 Å². The summed E-state index contributed by atoms with van der Waals surface area (Å²) in [5.74, 6) is -0.179. The van der Waals surface area contributed by atoms with Crippen LogP contribution in [0.5, 0.6) is 0 Å². The van der Waals surface area contributed by atoms with Crippen molar-refractivity contribution >= 4 is 23.0 Å². The van der Waals surface area contributed by atoms with Crippen molar-refractivity contribution in [3.05, 3.63) is 35.3 Å². The van der Waals surface area contributed by atoms with Crippen LogP contribution in [0.15, 0.2) is 29.6 Å². The zero-order chi connectivity index (χ0) is 16.6. The lowest BCUT2D eigenvalue weighted by atomic mass is 10.0. The SMILES string of the molecule is CN(Cc1ccc2nnc(-c3cccs3)n2n1)C(C)(C)C(=O)O. The molecule has 0 atom stereocenters. The molecule has 0 unspecified atom stereocenters. The van der Waals surface area contributed by atoms with Gasteiger partial charge in [0.1, 0.15) is 5.54 Å². The van der Waals surface area contributed by atoms with Crippen molar-refractivity contribution in [1.29, 1.82) is 0 Å². The van der Waals surface area contributed by atoms with Crippen molar-refractivity contribution in [3.63, 3.8) is 0 Å². The summed E-state index contributed by atoms with van der Waals surface area (Å²) >= 11 is 1.57. The normalized spacial score (nSPS) is 12.2. The maximum absolute atomic E-state index is 11.3. The molecular weight excluding hydrogens is 314 g/mol. The third-order valence-corrected chi connectivity index (χ3v) is 4.80. The molecule has 8 heteroatoms. The fourth-order valence-electron chi connectivity index (χ4n) is 2.07. The highest BCUT2D eigenvalue weighted by Crippen LogP contribution is 2.23. The number of carbonyl (C=O) groups is 1. The molecule has 7 nitrogen and oxygen atoms in total. The van der Waals surface area contributed by atoms with Crippen molar-refractivity contribution in [2.24, 2.45) is 0 Å². The van der Waals surface area contributed by atoms with E-state index in [0.717, 1.165) is 10.6 Å². The third kappa shape index (κ3) is 2.82. The molecular formula is C15H17N5O2S. The van der Waals surface area contributed by atoms with Crippen LogP contribution in [-0.4, -0.2) is 48.4 Å². The molecule has 3 aromatic heterocycles. The molecule has 0 aliphatic carbocycles. The van der Waals surface area contributed by atoms with Gasteiger partial charge >= 0.3 is 5.97 Å². The molecule has 0 saturated heterocycles. The molecule has 0 aliphatic rings. The van der Waals surface area contributed by atoms with Gasteiger partial charge in [-0.2, -0.15) is 9.61 Å². The molecule has 3 heterocycles.